The van der Waals surface area contributed by atoms with Crippen LogP contribution in [0.25, 0.3) is 0 Å². The first-order valence-corrected chi connectivity index (χ1v) is 9.06. The Labute approximate surface area is 124 Å². The molecule has 0 bridgehead atoms. The highest BCUT2D eigenvalue weighted by atomic mass is 32.2. The Hall–Kier alpha value is -0.100. The Balaban J connectivity index is 2.12. The molecule has 1 saturated heterocycles. The van der Waals surface area contributed by atoms with Gasteiger partial charge in [0.05, 0.1) is 12.3 Å². The molecular weight excluding hydrogens is 276 g/mol. The van der Waals surface area contributed by atoms with Crippen molar-refractivity contribution in [2.75, 3.05) is 24.7 Å². The molecule has 5 heteroatoms. The van der Waals surface area contributed by atoms with Gasteiger partial charge in [-0.1, -0.05) is 20.8 Å². The van der Waals surface area contributed by atoms with Crippen LogP contribution in [0.5, 0.6) is 0 Å². The first-order chi connectivity index (χ1) is 9.20. The van der Waals surface area contributed by atoms with E-state index in [1.54, 1.807) is 0 Å². The summed E-state index contributed by atoms with van der Waals surface area (Å²) in [4.78, 5) is 6.26. The molecule has 1 aromatic rings. The van der Waals surface area contributed by atoms with Gasteiger partial charge in [-0.05, 0) is 18.9 Å². The molecule has 1 fully saturated rings. The Morgan fingerprint density at radius 3 is 2.95 bits per heavy atom. The third-order valence-corrected chi connectivity index (χ3v) is 5.21. The van der Waals surface area contributed by atoms with Crippen LogP contribution in [0.4, 0.5) is 0 Å². The van der Waals surface area contributed by atoms with E-state index in [0.717, 1.165) is 37.6 Å². The van der Waals surface area contributed by atoms with Gasteiger partial charge in [0.15, 0.2) is 0 Å². The van der Waals surface area contributed by atoms with Crippen molar-refractivity contribution in [3.63, 3.8) is 0 Å². The lowest BCUT2D eigenvalue weighted by molar-refractivity contribution is 0.0754. The molecule has 1 atom stereocenters. The van der Waals surface area contributed by atoms with Crippen LogP contribution in [-0.2, 0) is 17.7 Å². The van der Waals surface area contributed by atoms with Gasteiger partial charge in [-0.25, -0.2) is 4.98 Å². The van der Waals surface area contributed by atoms with Gasteiger partial charge in [-0.3, -0.25) is 0 Å². The second-order valence-corrected chi connectivity index (χ2v) is 7.50. The first-order valence-electron chi connectivity index (χ1n) is 7.09. The standard InChI is InChI=1S/C14H24N2OS2/c1-4-15-8-13-11(7-10(2)3)16-14(19-13)12-9-18-6-5-17-12/h10,12,15H,4-9H2,1-3H3. The zero-order valence-electron chi connectivity index (χ0n) is 12.1. The fraction of sp³-hybridized carbons (Fsp3) is 0.786. The highest BCUT2D eigenvalue weighted by Crippen LogP contribution is 2.32. The number of hydrogen-bond donors (Lipinski definition) is 1. The predicted molar refractivity (Wildman–Crippen MR) is 84.1 cm³/mol. The number of nitrogens with one attached hydrogen (secondary N) is 1. The maximum atomic E-state index is 5.85. The normalized spacial score (nSPS) is 20.1. The molecule has 0 saturated carbocycles. The van der Waals surface area contributed by atoms with Crippen molar-refractivity contribution in [3.8, 4) is 0 Å². The van der Waals surface area contributed by atoms with Crippen LogP contribution in [0.15, 0.2) is 0 Å². The summed E-state index contributed by atoms with van der Waals surface area (Å²) < 4.78 is 5.85. The summed E-state index contributed by atoms with van der Waals surface area (Å²) in [7, 11) is 0. The Morgan fingerprint density at radius 2 is 2.32 bits per heavy atom. The van der Waals surface area contributed by atoms with Gasteiger partial charge in [0.25, 0.3) is 0 Å². The molecule has 2 heterocycles. The van der Waals surface area contributed by atoms with Gasteiger partial charge in [0.1, 0.15) is 11.1 Å². The molecule has 1 aliphatic heterocycles. The SMILES string of the molecule is CCNCc1sc(C2CSCCO2)nc1CC(C)C. The van der Waals surface area contributed by atoms with E-state index >= 15 is 0 Å². The third kappa shape index (κ3) is 4.45. The lowest BCUT2D eigenvalue weighted by Gasteiger charge is -2.19. The molecule has 0 spiro atoms. The average molecular weight is 300 g/mol. The molecule has 2 rings (SSSR count). The van der Waals surface area contributed by atoms with Gasteiger partial charge in [-0.15, -0.1) is 11.3 Å². The van der Waals surface area contributed by atoms with Crippen LogP contribution < -0.4 is 5.32 Å². The van der Waals surface area contributed by atoms with E-state index in [9.17, 15) is 0 Å². The Bertz CT molecular complexity index is 387. The number of nitrogens with zero attached hydrogens (tertiary/aromatic N) is 1. The average Bonchev–Trinajstić information content (AvgIpc) is 2.80. The highest BCUT2D eigenvalue weighted by Gasteiger charge is 2.22. The third-order valence-electron chi connectivity index (χ3n) is 3.02. The molecule has 0 aromatic carbocycles. The molecule has 3 nitrogen and oxygen atoms in total. The van der Waals surface area contributed by atoms with E-state index in [4.69, 9.17) is 9.72 Å². The monoisotopic (exact) mass is 300 g/mol. The zero-order valence-corrected chi connectivity index (χ0v) is 13.7. The number of hydrogen-bond acceptors (Lipinski definition) is 5. The minimum Gasteiger partial charge on any atom is -0.369 e. The molecule has 1 aliphatic rings. The summed E-state index contributed by atoms with van der Waals surface area (Å²) in [5.74, 6) is 2.82. The summed E-state index contributed by atoms with van der Waals surface area (Å²) in [6.45, 7) is 9.45. The molecule has 0 amide bonds. The Morgan fingerprint density at radius 1 is 1.47 bits per heavy atom. The fourth-order valence-electron chi connectivity index (χ4n) is 2.09. The van der Waals surface area contributed by atoms with Gasteiger partial charge >= 0.3 is 0 Å². The lowest BCUT2D eigenvalue weighted by Crippen LogP contribution is -2.15. The van der Waals surface area contributed by atoms with Crippen LogP contribution in [0.2, 0.25) is 0 Å². The van der Waals surface area contributed by atoms with Gasteiger partial charge in [0.2, 0.25) is 0 Å². The number of thiazole rings is 1. The first kappa shape index (κ1) is 15.3. The maximum absolute atomic E-state index is 5.85. The molecule has 0 radical (unpaired) electrons. The van der Waals surface area contributed by atoms with E-state index in [0.29, 0.717) is 5.92 Å². The van der Waals surface area contributed by atoms with E-state index < -0.39 is 0 Å². The van der Waals surface area contributed by atoms with Crippen LogP contribution in [-0.4, -0.2) is 29.6 Å². The highest BCUT2D eigenvalue weighted by molar-refractivity contribution is 7.99. The van der Waals surface area contributed by atoms with E-state index in [1.165, 1.54) is 15.6 Å². The van der Waals surface area contributed by atoms with Crippen molar-refractivity contribution in [3.05, 3.63) is 15.6 Å². The topological polar surface area (TPSA) is 34.1 Å². The van der Waals surface area contributed by atoms with Crippen molar-refractivity contribution in [2.24, 2.45) is 5.92 Å². The van der Waals surface area contributed by atoms with Crippen LogP contribution in [0.3, 0.4) is 0 Å². The molecule has 1 unspecified atom stereocenters. The van der Waals surface area contributed by atoms with Gasteiger partial charge in [-0.2, -0.15) is 11.8 Å². The fourth-order valence-corrected chi connectivity index (χ4v) is 4.16. The van der Waals surface area contributed by atoms with Crippen LogP contribution in [0.1, 0.15) is 42.5 Å². The number of ether oxygens (including phenoxy) is 1. The second kappa shape index (κ2) is 7.62. The lowest BCUT2D eigenvalue weighted by atomic mass is 10.1. The number of thioether (sulfide) groups is 1. The molecule has 1 N–H and O–H groups in total. The largest absolute Gasteiger partial charge is 0.369 e. The molecular formula is C14H24N2OS2. The zero-order chi connectivity index (χ0) is 13.7. The van der Waals surface area contributed by atoms with Crippen molar-refractivity contribution < 1.29 is 4.74 Å². The van der Waals surface area contributed by atoms with E-state index in [2.05, 4.69) is 26.1 Å². The number of aromatic nitrogens is 1. The van der Waals surface area contributed by atoms with Crippen molar-refractivity contribution in [1.29, 1.82) is 0 Å². The Kier molecular flexibility index (Phi) is 6.13. The molecule has 19 heavy (non-hydrogen) atoms. The molecule has 1 aromatic heterocycles. The van der Waals surface area contributed by atoms with Crippen molar-refractivity contribution in [1.82, 2.24) is 10.3 Å². The minimum absolute atomic E-state index is 0.213. The van der Waals surface area contributed by atoms with Crippen molar-refractivity contribution >= 4 is 23.1 Å². The molecule has 108 valence electrons. The minimum atomic E-state index is 0.213. The van der Waals surface area contributed by atoms with Gasteiger partial charge < -0.3 is 10.1 Å². The smallest absolute Gasteiger partial charge is 0.123 e. The summed E-state index contributed by atoms with van der Waals surface area (Å²) in [6.07, 6.45) is 1.28. The van der Waals surface area contributed by atoms with Gasteiger partial charge in [0, 0.05) is 22.9 Å². The van der Waals surface area contributed by atoms with Crippen LogP contribution >= 0.6 is 23.1 Å². The molecule has 0 aliphatic carbocycles. The summed E-state index contributed by atoms with van der Waals surface area (Å²) in [5.41, 5.74) is 1.27. The van der Waals surface area contributed by atoms with Crippen molar-refractivity contribution in [2.45, 2.75) is 39.8 Å². The predicted octanol–water partition coefficient (Wildman–Crippen LogP) is 3.26. The summed E-state index contributed by atoms with van der Waals surface area (Å²) >= 11 is 3.81. The quantitative estimate of drug-likeness (QED) is 0.874. The van der Waals surface area contributed by atoms with E-state index in [1.807, 2.05) is 23.1 Å². The second-order valence-electron chi connectivity index (χ2n) is 5.23. The summed E-state index contributed by atoms with van der Waals surface area (Å²) in [5, 5.41) is 4.60. The maximum Gasteiger partial charge on any atom is 0.123 e. The van der Waals surface area contributed by atoms with Crippen LogP contribution in [0, 0.1) is 5.92 Å². The van der Waals surface area contributed by atoms with E-state index in [-0.39, 0.29) is 6.10 Å². The summed E-state index contributed by atoms with van der Waals surface area (Å²) in [6, 6.07) is 0. The number of rotatable bonds is 6.